The summed E-state index contributed by atoms with van der Waals surface area (Å²) in [6.07, 6.45) is 3.10. The number of hydrogen-bond acceptors (Lipinski definition) is 4. The van der Waals surface area contributed by atoms with Gasteiger partial charge in [0.1, 0.15) is 17.3 Å². The Hall–Kier alpha value is -2.82. The van der Waals surface area contributed by atoms with Gasteiger partial charge in [0, 0.05) is 17.3 Å². The number of rotatable bonds is 5. The van der Waals surface area contributed by atoms with Crippen molar-refractivity contribution in [3.05, 3.63) is 53.7 Å². The first-order valence-corrected chi connectivity index (χ1v) is 6.77. The van der Waals surface area contributed by atoms with E-state index in [1.54, 1.807) is 44.6 Å². The largest absolute Gasteiger partial charge is 0.497 e. The van der Waals surface area contributed by atoms with Crippen molar-refractivity contribution in [1.29, 1.82) is 0 Å². The quantitative estimate of drug-likeness (QED) is 0.862. The first-order chi connectivity index (χ1) is 10.6. The molecule has 1 N–H and O–H groups in total. The Kier molecular flexibility index (Phi) is 5.14. The number of ether oxygens (including phenoxy) is 2. The van der Waals surface area contributed by atoms with E-state index in [9.17, 15) is 4.79 Å². The van der Waals surface area contributed by atoms with Crippen molar-refractivity contribution in [2.24, 2.45) is 0 Å². The molecule has 0 aliphatic rings. The van der Waals surface area contributed by atoms with Gasteiger partial charge in [0.15, 0.2) is 0 Å². The summed E-state index contributed by atoms with van der Waals surface area (Å²) in [5.74, 6) is 1.62. The van der Waals surface area contributed by atoms with Crippen molar-refractivity contribution in [2.75, 3.05) is 19.5 Å². The lowest BCUT2D eigenvalue weighted by Crippen LogP contribution is -2.09. The van der Waals surface area contributed by atoms with Gasteiger partial charge in [-0.15, -0.1) is 0 Å². The van der Waals surface area contributed by atoms with Crippen LogP contribution in [0.5, 0.6) is 11.5 Å². The number of aryl methyl sites for hydroxylation is 1. The van der Waals surface area contributed by atoms with E-state index in [1.807, 2.05) is 19.1 Å². The number of hydrogen-bond donors (Lipinski definition) is 1. The predicted octanol–water partition coefficient (Wildman–Crippen LogP) is 3.06. The fraction of sp³-hybridized carbons (Fsp3) is 0.176. The first-order valence-electron chi connectivity index (χ1n) is 6.77. The van der Waals surface area contributed by atoms with Crippen molar-refractivity contribution in [2.45, 2.75) is 6.92 Å². The van der Waals surface area contributed by atoms with Crippen molar-refractivity contribution >= 4 is 17.8 Å². The number of carbonyl (C=O) groups excluding carboxylic acids is 1. The summed E-state index contributed by atoms with van der Waals surface area (Å²) in [4.78, 5) is 16.2. The van der Waals surface area contributed by atoms with Crippen molar-refractivity contribution < 1.29 is 14.3 Å². The average Bonchev–Trinajstić information content (AvgIpc) is 2.52. The zero-order valence-corrected chi connectivity index (χ0v) is 12.8. The molecule has 22 heavy (non-hydrogen) atoms. The zero-order chi connectivity index (χ0) is 15.9. The number of amides is 1. The van der Waals surface area contributed by atoms with Crippen LogP contribution in [0, 0.1) is 6.92 Å². The summed E-state index contributed by atoms with van der Waals surface area (Å²) in [5.41, 5.74) is 1.60. The van der Waals surface area contributed by atoms with Crippen LogP contribution in [0.2, 0.25) is 0 Å². The first kappa shape index (κ1) is 15.6. The molecule has 0 spiro atoms. The predicted molar refractivity (Wildman–Crippen MR) is 86.2 cm³/mol. The Morgan fingerprint density at radius 2 is 2.00 bits per heavy atom. The molecule has 1 aromatic carbocycles. The number of anilines is 1. The number of nitrogens with one attached hydrogen (secondary N) is 1. The van der Waals surface area contributed by atoms with Crippen LogP contribution >= 0.6 is 0 Å². The van der Waals surface area contributed by atoms with Gasteiger partial charge in [0.2, 0.25) is 5.91 Å². The smallest absolute Gasteiger partial charge is 0.249 e. The number of benzene rings is 1. The normalized spacial score (nSPS) is 10.5. The van der Waals surface area contributed by atoms with Gasteiger partial charge in [-0.25, -0.2) is 4.98 Å². The molecular weight excluding hydrogens is 280 g/mol. The monoisotopic (exact) mass is 298 g/mol. The summed E-state index contributed by atoms with van der Waals surface area (Å²) in [6.45, 7) is 1.87. The molecule has 0 atom stereocenters. The SMILES string of the molecule is COc1ccc(OC)c(/C=C/C(=O)Nc2cccc(C)n2)c1. The molecule has 0 aliphatic heterocycles. The average molecular weight is 298 g/mol. The van der Waals surface area contributed by atoms with Gasteiger partial charge in [0.05, 0.1) is 14.2 Å². The molecular formula is C17H18N2O3. The van der Waals surface area contributed by atoms with Crippen LogP contribution < -0.4 is 14.8 Å². The molecule has 0 aliphatic carbocycles. The standard InChI is InChI=1S/C17H18N2O3/c1-12-5-4-6-16(18-12)19-17(20)10-7-13-11-14(21-2)8-9-15(13)22-3/h4-11H,1-3H3,(H,18,19,20)/b10-7+. The lowest BCUT2D eigenvalue weighted by atomic mass is 10.1. The molecule has 1 amide bonds. The van der Waals surface area contributed by atoms with Crippen LogP contribution in [-0.2, 0) is 4.79 Å². The molecule has 0 unspecified atom stereocenters. The van der Waals surface area contributed by atoms with E-state index in [4.69, 9.17) is 9.47 Å². The van der Waals surface area contributed by atoms with E-state index in [0.29, 0.717) is 17.3 Å². The topological polar surface area (TPSA) is 60.5 Å². The summed E-state index contributed by atoms with van der Waals surface area (Å²) in [5, 5.41) is 2.71. The summed E-state index contributed by atoms with van der Waals surface area (Å²) < 4.78 is 10.4. The van der Waals surface area contributed by atoms with Crippen LogP contribution in [0.4, 0.5) is 5.82 Å². The van der Waals surface area contributed by atoms with Crippen LogP contribution in [0.1, 0.15) is 11.3 Å². The van der Waals surface area contributed by atoms with E-state index in [0.717, 1.165) is 11.3 Å². The highest BCUT2D eigenvalue weighted by atomic mass is 16.5. The zero-order valence-electron chi connectivity index (χ0n) is 12.8. The van der Waals surface area contributed by atoms with Crippen molar-refractivity contribution in [3.63, 3.8) is 0 Å². The second-order valence-corrected chi connectivity index (χ2v) is 4.59. The minimum absolute atomic E-state index is 0.261. The minimum atomic E-state index is -0.261. The van der Waals surface area contributed by atoms with Gasteiger partial charge in [-0.1, -0.05) is 6.07 Å². The Morgan fingerprint density at radius 3 is 2.68 bits per heavy atom. The maximum Gasteiger partial charge on any atom is 0.249 e. The van der Waals surface area contributed by atoms with Gasteiger partial charge in [-0.2, -0.15) is 0 Å². The van der Waals surface area contributed by atoms with Gasteiger partial charge in [0.25, 0.3) is 0 Å². The van der Waals surface area contributed by atoms with Gasteiger partial charge < -0.3 is 14.8 Å². The fourth-order valence-corrected chi connectivity index (χ4v) is 1.92. The lowest BCUT2D eigenvalue weighted by Gasteiger charge is -2.07. The van der Waals surface area contributed by atoms with E-state index in [2.05, 4.69) is 10.3 Å². The second-order valence-electron chi connectivity index (χ2n) is 4.59. The molecule has 2 rings (SSSR count). The summed E-state index contributed by atoms with van der Waals surface area (Å²) in [6, 6.07) is 10.8. The molecule has 114 valence electrons. The van der Waals surface area contributed by atoms with Gasteiger partial charge >= 0.3 is 0 Å². The molecule has 5 nitrogen and oxygen atoms in total. The highest BCUT2D eigenvalue weighted by Crippen LogP contribution is 2.25. The second kappa shape index (κ2) is 7.26. The number of nitrogens with zero attached hydrogens (tertiary/aromatic N) is 1. The molecule has 5 heteroatoms. The van der Waals surface area contributed by atoms with Crippen LogP contribution in [-0.4, -0.2) is 25.1 Å². The molecule has 2 aromatic rings. The highest BCUT2D eigenvalue weighted by molar-refractivity contribution is 6.01. The molecule has 0 bridgehead atoms. The van der Waals surface area contributed by atoms with Gasteiger partial charge in [-0.05, 0) is 43.3 Å². The fourth-order valence-electron chi connectivity index (χ4n) is 1.92. The van der Waals surface area contributed by atoms with Crippen LogP contribution in [0.3, 0.4) is 0 Å². The van der Waals surface area contributed by atoms with Crippen LogP contribution in [0.15, 0.2) is 42.5 Å². The Labute approximate surface area is 129 Å². The third-order valence-corrected chi connectivity index (χ3v) is 2.99. The molecule has 0 fully saturated rings. The molecule has 1 heterocycles. The van der Waals surface area contributed by atoms with Crippen molar-refractivity contribution in [3.8, 4) is 11.5 Å². The maximum atomic E-state index is 11.9. The van der Waals surface area contributed by atoms with Crippen molar-refractivity contribution in [1.82, 2.24) is 4.98 Å². The third-order valence-electron chi connectivity index (χ3n) is 2.99. The van der Waals surface area contributed by atoms with E-state index in [-0.39, 0.29) is 5.91 Å². The third kappa shape index (κ3) is 4.09. The van der Waals surface area contributed by atoms with E-state index in [1.165, 1.54) is 6.08 Å². The van der Waals surface area contributed by atoms with Gasteiger partial charge in [-0.3, -0.25) is 4.79 Å². The van der Waals surface area contributed by atoms with E-state index >= 15 is 0 Å². The maximum absolute atomic E-state index is 11.9. The number of methoxy groups -OCH3 is 2. The Morgan fingerprint density at radius 1 is 1.18 bits per heavy atom. The van der Waals surface area contributed by atoms with Crippen LogP contribution in [0.25, 0.3) is 6.08 Å². The Bertz CT molecular complexity index is 696. The number of aromatic nitrogens is 1. The highest BCUT2D eigenvalue weighted by Gasteiger charge is 2.04. The number of carbonyl (C=O) groups is 1. The molecule has 0 saturated heterocycles. The molecule has 0 saturated carbocycles. The minimum Gasteiger partial charge on any atom is -0.497 e. The van der Waals surface area contributed by atoms with E-state index < -0.39 is 0 Å². The Balaban J connectivity index is 2.12. The summed E-state index contributed by atoms with van der Waals surface area (Å²) >= 11 is 0. The lowest BCUT2D eigenvalue weighted by molar-refractivity contribution is -0.111. The molecule has 1 aromatic heterocycles. The number of pyridine rings is 1. The molecule has 0 radical (unpaired) electrons. The summed E-state index contributed by atoms with van der Waals surface area (Å²) in [7, 11) is 3.17.